The molecule has 0 fully saturated rings. The third-order valence-corrected chi connectivity index (χ3v) is 5.73. The number of hydrogen-bond donors (Lipinski definition) is 8. The summed E-state index contributed by atoms with van der Waals surface area (Å²) in [5.74, 6) is -5.95. The molecule has 0 spiro atoms. The van der Waals surface area contributed by atoms with E-state index in [1.165, 1.54) is 34.6 Å². The number of rotatable bonds is 15. The lowest BCUT2D eigenvalue weighted by Crippen LogP contribution is -2.69. The number of amides is 6. The summed E-state index contributed by atoms with van der Waals surface area (Å²) in [6.45, 7) is 11.7. The highest BCUT2D eigenvalue weighted by Gasteiger charge is 2.37. The molecule has 4 atom stereocenters. The van der Waals surface area contributed by atoms with E-state index in [1.54, 1.807) is 20.8 Å². The maximum atomic E-state index is 13.0. The normalized spacial score (nSPS) is 14.7. The minimum absolute atomic E-state index is 0.210. The van der Waals surface area contributed by atoms with Gasteiger partial charge >= 0.3 is 5.97 Å². The molecular formula is C24H44N7O8+. The van der Waals surface area contributed by atoms with E-state index in [-0.39, 0.29) is 12.8 Å². The Morgan fingerprint density at radius 2 is 1.23 bits per heavy atom. The molecule has 0 rings (SSSR count). The van der Waals surface area contributed by atoms with Gasteiger partial charge in [-0.1, -0.05) is 13.8 Å². The van der Waals surface area contributed by atoms with Crippen LogP contribution in [0.1, 0.15) is 68.2 Å². The van der Waals surface area contributed by atoms with Gasteiger partial charge in [-0.3, -0.25) is 28.8 Å². The third-order valence-electron chi connectivity index (χ3n) is 5.73. The van der Waals surface area contributed by atoms with Crippen LogP contribution >= 0.6 is 0 Å². The van der Waals surface area contributed by atoms with Crippen LogP contribution in [0, 0.1) is 5.92 Å². The molecule has 0 aromatic rings. The van der Waals surface area contributed by atoms with Crippen molar-refractivity contribution in [2.24, 2.45) is 11.7 Å². The summed E-state index contributed by atoms with van der Waals surface area (Å²) in [5.41, 5.74) is 5.81. The van der Waals surface area contributed by atoms with E-state index in [9.17, 15) is 38.7 Å². The van der Waals surface area contributed by atoms with Gasteiger partial charge in [0.1, 0.15) is 29.2 Å². The van der Waals surface area contributed by atoms with Crippen molar-refractivity contribution in [2.75, 3.05) is 0 Å². The van der Waals surface area contributed by atoms with Crippen molar-refractivity contribution in [3.63, 3.8) is 0 Å². The van der Waals surface area contributed by atoms with Crippen LogP contribution in [0.5, 0.6) is 0 Å². The van der Waals surface area contributed by atoms with Crippen molar-refractivity contribution in [3.05, 3.63) is 0 Å². The molecule has 0 saturated heterocycles. The molecule has 0 aromatic carbocycles. The fourth-order valence-electron chi connectivity index (χ4n) is 3.07. The van der Waals surface area contributed by atoms with Gasteiger partial charge in [0, 0.05) is 6.42 Å². The second-order valence-corrected chi connectivity index (χ2v) is 10.9. The summed E-state index contributed by atoms with van der Waals surface area (Å²) in [7, 11) is 0. The second-order valence-electron chi connectivity index (χ2n) is 10.9. The van der Waals surface area contributed by atoms with E-state index in [0.717, 1.165) is 0 Å². The molecule has 0 aliphatic rings. The van der Waals surface area contributed by atoms with E-state index in [4.69, 9.17) is 5.73 Å². The Balaban J connectivity index is 5.55. The Bertz CT molecular complexity index is 962. The molecule has 11 N–H and O–H groups in total. The molecule has 15 heteroatoms. The smallest absolute Gasteiger partial charge is 0.326 e. The molecule has 0 aromatic heterocycles. The zero-order chi connectivity index (χ0) is 30.9. The Kier molecular flexibility index (Phi) is 13.0. The zero-order valence-electron chi connectivity index (χ0n) is 23.9. The molecule has 0 radical (unpaired) electrons. The monoisotopic (exact) mass is 558 g/mol. The number of carbonyl (C=O) groups is 7. The average molecular weight is 559 g/mol. The lowest BCUT2D eigenvalue weighted by molar-refractivity contribution is -0.398. The van der Waals surface area contributed by atoms with Gasteiger partial charge in [-0.15, -0.1) is 0 Å². The van der Waals surface area contributed by atoms with E-state index < -0.39 is 82.6 Å². The van der Waals surface area contributed by atoms with E-state index in [0.29, 0.717) is 0 Å². The SMILES string of the molecule is CC(C)[C@H](NC(=O)C(C)(C)NC(=O)[C@H](CCC(N)=O)NC(=O)[C@H](C)NC(=O)C(C)(C)NC(=O)[C@H](C)[NH3+])C(=O)O. The Morgan fingerprint density at radius 3 is 1.64 bits per heavy atom. The molecule has 0 aliphatic carbocycles. The number of nitrogens with two attached hydrogens (primary N) is 1. The molecule has 15 nitrogen and oxygen atoms in total. The summed E-state index contributed by atoms with van der Waals surface area (Å²) in [6.07, 6.45) is -0.486. The van der Waals surface area contributed by atoms with Crippen LogP contribution in [0.3, 0.4) is 0 Å². The van der Waals surface area contributed by atoms with Crippen molar-refractivity contribution in [1.82, 2.24) is 26.6 Å². The number of nitrogens with one attached hydrogen (secondary N) is 5. The van der Waals surface area contributed by atoms with Crippen LogP contribution in [0.25, 0.3) is 0 Å². The number of carboxylic acids is 1. The Labute approximate surface area is 227 Å². The summed E-state index contributed by atoms with van der Waals surface area (Å²) in [5, 5.41) is 21.6. The van der Waals surface area contributed by atoms with Gasteiger partial charge in [0.15, 0.2) is 6.04 Å². The van der Waals surface area contributed by atoms with Gasteiger partial charge in [-0.25, -0.2) is 4.79 Å². The molecule has 0 bridgehead atoms. The summed E-state index contributed by atoms with van der Waals surface area (Å²) >= 11 is 0. The predicted molar refractivity (Wildman–Crippen MR) is 139 cm³/mol. The quantitative estimate of drug-likeness (QED) is 0.102. The molecule has 222 valence electrons. The molecule has 6 amide bonds. The largest absolute Gasteiger partial charge is 0.480 e. The van der Waals surface area contributed by atoms with Crippen molar-refractivity contribution < 1.29 is 44.4 Å². The van der Waals surface area contributed by atoms with Gasteiger partial charge in [0.25, 0.3) is 5.91 Å². The van der Waals surface area contributed by atoms with Crippen LogP contribution < -0.4 is 38.1 Å². The Hall–Kier alpha value is -3.75. The molecule has 0 unspecified atom stereocenters. The number of primary amides is 1. The molecule has 0 saturated carbocycles. The fraction of sp³-hybridized carbons (Fsp3) is 0.708. The first kappa shape index (κ1) is 35.2. The first-order chi connectivity index (χ1) is 17.6. The standard InChI is InChI=1S/C24H43N7O8/c1-11(2)16(20(36)37)29-22(39)24(7,8)31-19(35)14(9-10-15(26)32)28-18(34)13(4)27-21(38)23(5,6)30-17(33)12(3)25/h11-14,16H,9-10,25H2,1-8H3,(H2,26,32)(H,27,38)(H,28,34)(H,29,39)(H,30,33)(H,31,35)(H,36,37)/p+1/t12-,13-,14-,16-/m0/s1. The summed E-state index contributed by atoms with van der Waals surface area (Å²) in [6, 6.07) is -4.30. The van der Waals surface area contributed by atoms with Gasteiger partial charge < -0.3 is 43.2 Å². The number of quaternary nitrogens is 1. The molecule has 0 aliphatic heterocycles. The van der Waals surface area contributed by atoms with Gasteiger partial charge in [-0.05, 0) is 53.9 Å². The minimum atomic E-state index is -1.59. The van der Waals surface area contributed by atoms with Crippen molar-refractivity contribution in [1.29, 1.82) is 0 Å². The predicted octanol–water partition coefficient (Wildman–Crippen LogP) is -3.11. The molecule has 39 heavy (non-hydrogen) atoms. The van der Waals surface area contributed by atoms with Crippen LogP contribution in [0.2, 0.25) is 0 Å². The summed E-state index contributed by atoms with van der Waals surface area (Å²) in [4.78, 5) is 86.0. The number of carbonyl (C=O) groups excluding carboxylic acids is 6. The first-order valence-electron chi connectivity index (χ1n) is 12.5. The maximum Gasteiger partial charge on any atom is 0.326 e. The number of aliphatic carboxylic acids is 1. The van der Waals surface area contributed by atoms with Crippen molar-refractivity contribution in [2.45, 2.75) is 103 Å². The van der Waals surface area contributed by atoms with Crippen LogP contribution in [0.4, 0.5) is 0 Å². The minimum Gasteiger partial charge on any atom is -0.480 e. The topological polar surface area (TPSA) is 254 Å². The summed E-state index contributed by atoms with van der Waals surface area (Å²) < 4.78 is 0. The highest BCUT2D eigenvalue weighted by molar-refractivity contribution is 5.98. The molecular weight excluding hydrogens is 514 g/mol. The van der Waals surface area contributed by atoms with Gasteiger partial charge in [0.05, 0.1) is 0 Å². The number of carboxylic acid groups (broad SMARTS) is 1. The van der Waals surface area contributed by atoms with E-state index >= 15 is 0 Å². The van der Waals surface area contributed by atoms with Crippen LogP contribution in [0.15, 0.2) is 0 Å². The van der Waals surface area contributed by atoms with Crippen molar-refractivity contribution in [3.8, 4) is 0 Å². The van der Waals surface area contributed by atoms with E-state index in [1.807, 2.05) is 0 Å². The first-order valence-corrected chi connectivity index (χ1v) is 12.5. The highest BCUT2D eigenvalue weighted by atomic mass is 16.4. The molecule has 0 heterocycles. The van der Waals surface area contributed by atoms with Crippen molar-refractivity contribution >= 4 is 41.4 Å². The average Bonchev–Trinajstić information content (AvgIpc) is 2.78. The fourth-order valence-corrected chi connectivity index (χ4v) is 3.07. The van der Waals surface area contributed by atoms with Gasteiger partial charge in [-0.2, -0.15) is 0 Å². The van der Waals surface area contributed by atoms with E-state index in [2.05, 4.69) is 32.3 Å². The zero-order valence-corrected chi connectivity index (χ0v) is 23.9. The maximum absolute atomic E-state index is 13.0. The lowest BCUT2D eigenvalue weighted by atomic mass is 9.99. The Morgan fingerprint density at radius 1 is 0.769 bits per heavy atom. The highest BCUT2D eigenvalue weighted by Crippen LogP contribution is 2.10. The second kappa shape index (κ2) is 14.4. The van der Waals surface area contributed by atoms with Gasteiger partial charge in [0.2, 0.25) is 29.5 Å². The van der Waals surface area contributed by atoms with Crippen LogP contribution in [-0.2, 0) is 33.6 Å². The van der Waals surface area contributed by atoms with Crippen LogP contribution in [-0.4, -0.2) is 81.8 Å². The number of hydrogen-bond acceptors (Lipinski definition) is 7. The lowest BCUT2D eigenvalue weighted by Gasteiger charge is -2.31. The third kappa shape index (κ3) is 11.7.